The molecule has 2 aliphatic rings. The number of thiocarbonyl (C=S) groups is 1. The Balaban J connectivity index is 1.83. The summed E-state index contributed by atoms with van der Waals surface area (Å²) in [6, 6.07) is 20.0. The van der Waals surface area contributed by atoms with Crippen LogP contribution in [0, 0.1) is 0 Å². The molecule has 0 N–H and O–H groups in total. The number of hydrogen-bond donors (Lipinski definition) is 0. The molecule has 2 aromatic carbocycles. The zero-order valence-electron chi connectivity index (χ0n) is 16.9. The van der Waals surface area contributed by atoms with E-state index in [0.717, 1.165) is 29.2 Å². The van der Waals surface area contributed by atoms with Crippen LogP contribution in [0.5, 0.6) is 0 Å². The molecule has 2 aromatic rings. The van der Waals surface area contributed by atoms with Gasteiger partial charge in [0.05, 0.1) is 12.6 Å². The second-order valence-corrected chi connectivity index (χ2v) is 8.10. The van der Waals surface area contributed by atoms with Crippen LogP contribution in [0.4, 0.5) is 5.69 Å². The Morgan fingerprint density at radius 2 is 1.62 bits per heavy atom. The standard InChI is InChI=1S/C24H28N2O2S/c1-2-28-23(27)22-21(18-12-6-3-7-13-18)25(19-14-8-4-9-15-19)24(29)26(22)20-16-10-5-11-17-20/h3-4,6-9,12-15,20-22H,2,5,10-11,16-17H2,1H3/t21-,22+/m1/s1. The number of hydrogen-bond acceptors (Lipinski definition) is 3. The van der Waals surface area contributed by atoms with Gasteiger partial charge in [-0.15, -0.1) is 0 Å². The first-order chi connectivity index (χ1) is 14.2. The smallest absolute Gasteiger partial charge is 0.331 e. The second-order valence-electron chi connectivity index (χ2n) is 7.74. The summed E-state index contributed by atoms with van der Waals surface area (Å²) in [6.45, 7) is 2.23. The highest BCUT2D eigenvalue weighted by molar-refractivity contribution is 7.80. The molecule has 152 valence electrons. The van der Waals surface area contributed by atoms with Gasteiger partial charge in [0.25, 0.3) is 0 Å². The first kappa shape index (κ1) is 19.9. The van der Waals surface area contributed by atoms with Crippen LogP contribution in [0.3, 0.4) is 0 Å². The number of benzene rings is 2. The fourth-order valence-electron chi connectivity index (χ4n) is 4.71. The topological polar surface area (TPSA) is 32.8 Å². The molecule has 4 rings (SSSR count). The molecule has 0 spiro atoms. The zero-order chi connectivity index (χ0) is 20.2. The van der Waals surface area contributed by atoms with Crippen molar-refractivity contribution < 1.29 is 9.53 Å². The molecular formula is C24H28N2O2S. The van der Waals surface area contributed by atoms with Crippen LogP contribution in [0.25, 0.3) is 0 Å². The van der Waals surface area contributed by atoms with E-state index < -0.39 is 6.04 Å². The van der Waals surface area contributed by atoms with Crippen LogP contribution >= 0.6 is 12.2 Å². The van der Waals surface area contributed by atoms with Gasteiger partial charge in [0.2, 0.25) is 0 Å². The highest BCUT2D eigenvalue weighted by atomic mass is 32.1. The Kier molecular flexibility index (Phi) is 6.14. The Bertz CT molecular complexity index is 836. The van der Waals surface area contributed by atoms with Crippen molar-refractivity contribution in [1.29, 1.82) is 0 Å². The number of nitrogens with zero attached hydrogens (tertiary/aromatic N) is 2. The lowest BCUT2D eigenvalue weighted by Crippen LogP contribution is -2.48. The molecule has 0 aromatic heterocycles. The Hall–Kier alpha value is -2.40. The highest BCUT2D eigenvalue weighted by Crippen LogP contribution is 2.42. The van der Waals surface area contributed by atoms with Crippen molar-refractivity contribution in [3.8, 4) is 0 Å². The molecule has 0 amide bonds. The van der Waals surface area contributed by atoms with Crippen LogP contribution in [-0.2, 0) is 9.53 Å². The van der Waals surface area contributed by atoms with Crippen LogP contribution in [0.15, 0.2) is 60.7 Å². The third-order valence-corrected chi connectivity index (χ3v) is 6.38. The summed E-state index contributed by atoms with van der Waals surface area (Å²) in [7, 11) is 0. The molecule has 1 aliphatic carbocycles. The normalized spacial score (nSPS) is 22.7. The molecule has 1 saturated carbocycles. The van der Waals surface area contributed by atoms with Crippen LogP contribution in [-0.4, -0.2) is 34.7 Å². The quantitative estimate of drug-likeness (QED) is 0.508. The minimum atomic E-state index is -0.437. The molecule has 0 bridgehead atoms. The van der Waals surface area contributed by atoms with E-state index in [0.29, 0.717) is 6.61 Å². The van der Waals surface area contributed by atoms with Gasteiger partial charge >= 0.3 is 5.97 Å². The van der Waals surface area contributed by atoms with Gasteiger partial charge in [0, 0.05) is 11.7 Å². The van der Waals surface area contributed by atoms with E-state index in [1.165, 1.54) is 19.3 Å². The number of carbonyl (C=O) groups is 1. The Morgan fingerprint density at radius 1 is 1.00 bits per heavy atom. The van der Waals surface area contributed by atoms with E-state index in [1.54, 1.807) is 0 Å². The summed E-state index contributed by atoms with van der Waals surface area (Å²) in [5, 5.41) is 0.731. The maximum atomic E-state index is 13.3. The van der Waals surface area contributed by atoms with E-state index in [1.807, 2.05) is 43.3 Å². The Morgan fingerprint density at radius 3 is 2.24 bits per heavy atom. The lowest BCUT2D eigenvalue weighted by Gasteiger charge is -2.35. The van der Waals surface area contributed by atoms with Gasteiger partial charge in [-0.2, -0.15) is 0 Å². The van der Waals surface area contributed by atoms with Gasteiger partial charge in [0.1, 0.15) is 0 Å². The predicted octanol–water partition coefficient (Wildman–Crippen LogP) is 5.10. The lowest BCUT2D eigenvalue weighted by molar-refractivity contribution is -0.148. The van der Waals surface area contributed by atoms with Gasteiger partial charge in [-0.3, -0.25) is 0 Å². The van der Waals surface area contributed by atoms with Gasteiger partial charge in [-0.1, -0.05) is 67.8 Å². The van der Waals surface area contributed by atoms with Crippen molar-refractivity contribution in [2.75, 3.05) is 11.5 Å². The molecule has 4 nitrogen and oxygen atoms in total. The predicted molar refractivity (Wildman–Crippen MR) is 120 cm³/mol. The number of carbonyl (C=O) groups excluding carboxylic acids is 1. The summed E-state index contributed by atoms with van der Waals surface area (Å²) in [5.41, 5.74) is 2.09. The number of para-hydroxylation sites is 1. The summed E-state index contributed by atoms with van der Waals surface area (Å²) >= 11 is 6.03. The third kappa shape index (κ3) is 3.88. The second kappa shape index (κ2) is 8.95. The molecule has 0 unspecified atom stereocenters. The van der Waals surface area contributed by atoms with Gasteiger partial charge in [-0.05, 0) is 49.7 Å². The van der Waals surface area contributed by atoms with E-state index in [2.05, 4.69) is 34.1 Å². The van der Waals surface area contributed by atoms with E-state index in [-0.39, 0.29) is 18.1 Å². The minimum absolute atomic E-state index is 0.187. The van der Waals surface area contributed by atoms with Crippen molar-refractivity contribution in [1.82, 2.24) is 4.90 Å². The van der Waals surface area contributed by atoms with Crippen LogP contribution in [0.1, 0.15) is 50.6 Å². The van der Waals surface area contributed by atoms with Crippen molar-refractivity contribution in [3.63, 3.8) is 0 Å². The molecule has 29 heavy (non-hydrogen) atoms. The average molecular weight is 409 g/mol. The van der Waals surface area contributed by atoms with E-state index >= 15 is 0 Å². The van der Waals surface area contributed by atoms with Gasteiger partial charge in [0.15, 0.2) is 11.2 Å². The van der Waals surface area contributed by atoms with Crippen LogP contribution < -0.4 is 4.90 Å². The Labute approximate surface area is 178 Å². The maximum absolute atomic E-state index is 13.3. The first-order valence-electron chi connectivity index (χ1n) is 10.6. The minimum Gasteiger partial charge on any atom is -0.464 e. The van der Waals surface area contributed by atoms with Crippen molar-refractivity contribution >= 4 is 29.0 Å². The molecule has 1 saturated heterocycles. The first-order valence-corrected chi connectivity index (χ1v) is 11.0. The summed E-state index contributed by atoms with van der Waals surface area (Å²) in [4.78, 5) is 17.6. The molecule has 0 radical (unpaired) electrons. The highest BCUT2D eigenvalue weighted by Gasteiger charge is 2.51. The monoisotopic (exact) mass is 408 g/mol. The summed E-state index contributed by atoms with van der Waals surface area (Å²) in [5.74, 6) is -0.187. The van der Waals surface area contributed by atoms with Crippen LogP contribution in [0.2, 0.25) is 0 Å². The number of rotatable bonds is 5. The molecule has 5 heteroatoms. The molecule has 2 fully saturated rings. The van der Waals surface area contributed by atoms with Gasteiger partial charge < -0.3 is 14.5 Å². The van der Waals surface area contributed by atoms with E-state index in [9.17, 15) is 4.79 Å². The zero-order valence-corrected chi connectivity index (χ0v) is 17.7. The van der Waals surface area contributed by atoms with Crippen molar-refractivity contribution in [2.45, 2.75) is 57.2 Å². The summed E-state index contributed by atoms with van der Waals surface area (Å²) < 4.78 is 5.56. The SMILES string of the molecule is CCOC(=O)[C@@H]1[C@@H](c2ccccc2)N(c2ccccc2)C(=S)N1C1CCCCC1. The maximum Gasteiger partial charge on any atom is 0.331 e. The number of anilines is 1. The van der Waals surface area contributed by atoms with Gasteiger partial charge in [-0.25, -0.2) is 4.79 Å². The molecule has 1 aliphatic heterocycles. The summed E-state index contributed by atoms with van der Waals surface area (Å²) in [6.07, 6.45) is 5.76. The third-order valence-electron chi connectivity index (χ3n) is 5.98. The van der Waals surface area contributed by atoms with Crippen molar-refractivity contribution in [3.05, 3.63) is 66.2 Å². The molecule has 2 atom stereocenters. The fraction of sp³-hybridized carbons (Fsp3) is 0.417. The van der Waals surface area contributed by atoms with E-state index in [4.69, 9.17) is 17.0 Å². The lowest BCUT2D eigenvalue weighted by atomic mass is 9.92. The number of esters is 1. The number of ether oxygens (including phenoxy) is 1. The van der Waals surface area contributed by atoms with Crippen molar-refractivity contribution in [2.24, 2.45) is 0 Å². The largest absolute Gasteiger partial charge is 0.464 e. The molecular weight excluding hydrogens is 380 g/mol. The molecule has 1 heterocycles. The average Bonchev–Trinajstić information content (AvgIpc) is 3.09. The fourth-order valence-corrected chi connectivity index (χ4v) is 5.19.